The van der Waals surface area contributed by atoms with Crippen LogP contribution in [0, 0.1) is 17.1 Å². The molecular weight excluding hydrogens is 377 g/mol. The molecule has 7 heteroatoms. The summed E-state index contributed by atoms with van der Waals surface area (Å²) in [5.74, 6) is -2.00. The molecule has 3 aromatic rings. The first kappa shape index (κ1) is 18.3. The van der Waals surface area contributed by atoms with Gasteiger partial charge in [-0.3, -0.25) is 9.59 Å². The third-order valence-corrected chi connectivity index (χ3v) is 6.03. The zero-order valence-electron chi connectivity index (χ0n) is 14.9. The fourth-order valence-corrected chi connectivity index (χ4v) is 4.69. The van der Waals surface area contributed by atoms with E-state index in [1.807, 2.05) is 6.07 Å². The predicted octanol–water partition coefficient (Wildman–Crippen LogP) is 3.89. The van der Waals surface area contributed by atoms with Gasteiger partial charge in [0.15, 0.2) is 11.7 Å². The SMILES string of the molecule is N#CC(C(=O)/C=C/c1ccc(F)cc1)c1nc2sc3c(c2c(=O)[nH]1)CCCC3. The number of nitrogens with zero attached hydrogens (tertiary/aromatic N) is 2. The summed E-state index contributed by atoms with van der Waals surface area (Å²) >= 11 is 1.47. The molecule has 0 bridgehead atoms. The molecule has 2 heterocycles. The molecule has 1 atom stereocenters. The molecular formula is C21H16FN3O2S. The van der Waals surface area contributed by atoms with E-state index in [1.54, 1.807) is 0 Å². The minimum Gasteiger partial charge on any atom is -0.308 e. The number of nitriles is 1. The Morgan fingerprint density at radius 1 is 1.29 bits per heavy atom. The number of ketones is 1. The van der Waals surface area contributed by atoms with E-state index in [9.17, 15) is 19.2 Å². The highest BCUT2D eigenvalue weighted by Crippen LogP contribution is 2.34. The van der Waals surface area contributed by atoms with Crippen LogP contribution in [-0.2, 0) is 17.6 Å². The Hall–Kier alpha value is -3.11. The molecule has 5 nitrogen and oxygen atoms in total. The highest BCUT2D eigenvalue weighted by molar-refractivity contribution is 7.18. The number of aromatic nitrogens is 2. The number of aromatic amines is 1. The number of hydrogen-bond donors (Lipinski definition) is 1. The monoisotopic (exact) mass is 393 g/mol. The second-order valence-electron chi connectivity index (χ2n) is 6.69. The molecule has 0 aliphatic heterocycles. The molecule has 0 spiro atoms. The Balaban J connectivity index is 1.67. The molecule has 4 rings (SSSR count). The number of allylic oxidation sites excluding steroid dienone is 1. The normalized spacial score (nSPS) is 14.7. The van der Waals surface area contributed by atoms with E-state index in [-0.39, 0.29) is 17.2 Å². The van der Waals surface area contributed by atoms with Gasteiger partial charge in [0.25, 0.3) is 5.56 Å². The average Bonchev–Trinajstić information content (AvgIpc) is 3.07. The van der Waals surface area contributed by atoms with Gasteiger partial charge in [0.2, 0.25) is 0 Å². The first-order chi connectivity index (χ1) is 13.6. The van der Waals surface area contributed by atoms with Crippen molar-refractivity contribution in [3.8, 4) is 6.07 Å². The van der Waals surface area contributed by atoms with Gasteiger partial charge in [-0.15, -0.1) is 11.3 Å². The topological polar surface area (TPSA) is 86.6 Å². The van der Waals surface area contributed by atoms with Crippen LogP contribution in [0.15, 0.2) is 35.1 Å². The maximum atomic E-state index is 13.0. The van der Waals surface area contributed by atoms with Gasteiger partial charge in [-0.1, -0.05) is 18.2 Å². The summed E-state index contributed by atoms with van der Waals surface area (Å²) in [6, 6.07) is 7.57. The van der Waals surface area contributed by atoms with E-state index in [4.69, 9.17) is 0 Å². The summed E-state index contributed by atoms with van der Waals surface area (Å²) in [5.41, 5.74) is 1.40. The van der Waals surface area contributed by atoms with Crippen LogP contribution in [0.1, 0.15) is 40.6 Å². The van der Waals surface area contributed by atoms with Crippen LogP contribution in [0.5, 0.6) is 0 Å². The minimum atomic E-state index is -1.20. The second kappa shape index (κ2) is 7.49. The lowest BCUT2D eigenvalue weighted by molar-refractivity contribution is -0.114. The van der Waals surface area contributed by atoms with Crippen LogP contribution in [0.25, 0.3) is 16.3 Å². The molecule has 0 saturated carbocycles. The van der Waals surface area contributed by atoms with Crippen molar-refractivity contribution in [1.29, 1.82) is 5.26 Å². The van der Waals surface area contributed by atoms with Crippen LogP contribution < -0.4 is 5.56 Å². The van der Waals surface area contributed by atoms with Crippen LogP contribution in [0.4, 0.5) is 4.39 Å². The summed E-state index contributed by atoms with van der Waals surface area (Å²) in [4.78, 5) is 34.0. The van der Waals surface area contributed by atoms with Gasteiger partial charge in [0.1, 0.15) is 16.5 Å². The number of benzene rings is 1. The summed E-state index contributed by atoms with van der Waals surface area (Å²) in [7, 11) is 0. The number of halogens is 1. The maximum Gasteiger partial charge on any atom is 0.259 e. The summed E-state index contributed by atoms with van der Waals surface area (Å²) < 4.78 is 13.0. The number of rotatable bonds is 4. The number of aryl methyl sites for hydroxylation is 2. The highest BCUT2D eigenvalue weighted by atomic mass is 32.1. The molecule has 0 amide bonds. The average molecular weight is 393 g/mol. The predicted molar refractivity (Wildman–Crippen MR) is 106 cm³/mol. The first-order valence-corrected chi connectivity index (χ1v) is 9.80. The lowest BCUT2D eigenvalue weighted by atomic mass is 9.97. The zero-order chi connectivity index (χ0) is 19.7. The van der Waals surface area contributed by atoms with Crippen LogP contribution >= 0.6 is 11.3 Å². The van der Waals surface area contributed by atoms with Gasteiger partial charge in [-0.2, -0.15) is 5.26 Å². The van der Waals surface area contributed by atoms with Crippen LogP contribution in [-0.4, -0.2) is 15.8 Å². The number of fused-ring (bicyclic) bond motifs is 3. The quantitative estimate of drug-likeness (QED) is 0.681. The Morgan fingerprint density at radius 3 is 2.79 bits per heavy atom. The standard InChI is InChI=1S/C21H16FN3O2S/c22-13-8-5-12(6-9-13)7-10-16(26)15(11-23)19-24-20(27)18-14-3-1-2-4-17(14)28-21(18)25-19/h5-10,15H,1-4H2,(H,24,25,27)/b10-7+. The van der Waals surface area contributed by atoms with E-state index in [1.165, 1.54) is 52.6 Å². The zero-order valence-corrected chi connectivity index (χ0v) is 15.7. The Kier molecular flexibility index (Phi) is 4.88. The van der Waals surface area contributed by atoms with E-state index < -0.39 is 11.7 Å². The van der Waals surface area contributed by atoms with Crippen molar-refractivity contribution in [2.24, 2.45) is 0 Å². The Labute approximate surface area is 164 Å². The molecule has 28 heavy (non-hydrogen) atoms. The second-order valence-corrected chi connectivity index (χ2v) is 7.78. The molecule has 1 aliphatic rings. The van der Waals surface area contributed by atoms with E-state index in [2.05, 4.69) is 9.97 Å². The fraction of sp³-hybridized carbons (Fsp3) is 0.238. The van der Waals surface area contributed by atoms with Crippen LogP contribution in [0.2, 0.25) is 0 Å². The number of thiophene rings is 1. The van der Waals surface area contributed by atoms with Gasteiger partial charge in [0, 0.05) is 4.88 Å². The smallest absolute Gasteiger partial charge is 0.259 e. The van der Waals surface area contributed by atoms with E-state index in [0.717, 1.165) is 31.2 Å². The van der Waals surface area contributed by atoms with Crippen molar-refractivity contribution < 1.29 is 9.18 Å². The van der Waals surface area contributed by atoms with Crippen molar-refractivity contribution in [3.63, 3.8) is 0 Å². The minimum absolute atomic E-state index is 0.0624. The van der Waals surface area contributed by atoms with Crippen molar-refractivity contribution >= 4 is 33.4 Å². The Morgan fingerprint density at radius 2 is 2.04 bits per heavy atom. The summed E-state index contributed by atoms with van der Waals surface area (Å²) in [5, 5.41) is 10.1. The van der Waals surface area contributed by atoms with Gasteiger partial charge >= 0.3 is 0 Å². The van der Waals surface area contributed by atoms with Gasteiger partial charge < -0.3 is 4.98 Å². The molecule has 0 fully saturated rings. The van der Waals surface area contributed by atoms with Crippen molar-refractivity contribution in [2.75, 3.05) is 0 Å². The largest absolute Gasteiger partial charge is 0.308 e. The third kappa shape index (κ3) is 3.39. The van der Waals surface area contributed by atoms with E-state index >= 15 is 0 Å². The molecule has 0 saturated heterocycles. The lowest BCUT2D eigenvalue weighted by Gasteiger charge is -2.09. The molecule has 1 aliphatic carbocycles. The number of hydrogen-bond acceptors (Lipinski definition) is 5. The van der Waals surface area contributed by atoms with Crippen molar-refractivity contribution in [2.45, 2.75) is 31.6 Å². The number of carbonyl (C=O) groups is 1. The molecule has 2 aromatic heterocycles. The number of carbonyl (C=O) groups excluding carboxylic acids is 1. The summed E-state index contributed by atoms with van der Waals surface area (Å²) in [6.07, 6.45) is 6.70. The Bertz CT molecular complexity index is 1190. The van der Waals surface area contributed by atoms with Crippen molar-refractivity contribution in [3.05, 3.63) is 68.3 Å². The third-order valence-electron chi connectivity index (χ3n) is 4.84. The number of nitrogens with one attached hydrogen (secondary N) is 1. The highest BCUT2D eigenvalue weighted by Gasteiger charge is 2.25. The van der Waals surface area contributed by atoms with Gasteiger partial charge in [-0.25, -0.2) is 9.37 Å². The van der Waals surface area contributed by atoms with Gasteiger partial charge in [-0.05, 0) is 55.0 Å². The molecule has 1 aromatic carbocycles. The molecule has 0 radical (unpaired) electrons. The maximum absolute atomic E-state index is 13.0. The molecule has 140 valence electrons. The van der Waals surface area contributed by atoms with E-state index in [0.29, 0.717) is 15.8 Å². The number of H-pyrrole nitrogens is 1. The molecule has 1 N–H and O–H groups in total. The molecule has 1 unspecified atom stereocenters. The lowest BCUT2D eigenvalue weighted by Crippen LogP contribution is -2.18. The van der Waals surface area contributed by atoms with Crippen molar-refractivity contribution in [1.82, 2.24) is 9.97 Å². The summed E-state index contributed by atoms with van der Waals surface area (Å²) in [6.45, 7) is 0. The first-order valence-electron chi connectivity index (χ1n) is 8.98. The fourth-order valence-electron chi connectivity index (χ4n) is 3.43. The van der Waals surface area contributed by atoms with Crippen LogP contribution in [0.3, 0.4) is 0 Å². The van der Waals surface area contributed by atoms with Gasteiger partial charge in [0.05, 0.1) is 11.5 Å².